The fraction of sp³-hybridized carbons (Fsp3) is 0.529. The summed E-state index contributed by atoms with van der Waals surface area (Å²) >= 11 is 0. The van der Waals surface area contributed by atoms with Gasteiger partial charge in [0.15, 0.2) is 11.5 Å². The van der Waals surface area contributed by atoms with E-state index in [1.54, 1.807) is 12.1 Å². The molecule has 0 spiro atoms. The van der Waals surface area contributed by atoms with E-state index in [-0.39, 0.29) is 35.3 Å². The first-order valence-corrected chi connectivity index (χ1v) is 8.12. The summed E-state index contributed by atoms with van der Waals surface area (Å²) in [4.78, 5) is 16.6. The number of nitrogens with zero attached hydrogens (tertiary/aromatic N) is 1. The van der Waals surface area contributed by atoms with E-state index in [4.69, 9.17) is 0 Å². The third-order valence-electron chi connectivity index (χ3n) is 4.75. The number of benzene rings is 1. The Morgan fingerprint density at radius 2 is 2.04 bits per heavy atom. The molecule has 3 aliphatic rings. The van der Waals surface area contributed by atoms with E-state index in [0.29, 0.717) is 13.0 Å². The fourth-order valence-electron chi connectivity index (χ4n) is 3.56. The van der Waals surface area contributed by atoms with E-state index in [1.165, 1.54) is 0 Å². The molecular formula is C17H18F2N2O3. The number of carbonyl (C=O) groups excluding carboxylic acids is 1. The number of fused-ring (bicyclic) bond motifs is 4. The highest BCUT2D eigenvalue weighted by Crippen LogP contribution is 2.46. The highest BCUT2D eigenvalue weighted by molar-refractivity contribution is 6.07. The van der Waals surface area contributed by atoms with Crippen molar-refractivity contribution in [2.75, 3.05) is 6.54 Å². The van der Waals surface area contributed by atoms with Crippen LogP contribution in [0.1, 0.15) is 31.4 Å². The fourth-order valence-corrected chi connectivity index (χ4v) is 3.56. The third-order valence-corrected chi connectivity index (χ3v) is 4.75. The summed E-state index contributed by atoms with van der Waals surface area (Å²) in [5.41, 5.74) is 2.60. The molecule has 0 radical (unpaired) electrons. The van der Waals surface area contributed by atoms with Crippen molar-refractivity contribution in [3.63, 3.8) is 0 Å². The number of alkyl halides is 2. The van der Waals surface area contributed by atoms with Crippen molar-refractivity contribution in [3.05, 3.63) is 23.3 Å². The highest BCUT2D eigenvalue weighted by Gasteiger charge is 2.46. The standard InChI is InChI=1S/C17H18F2N2O3/c1-8(2)16(22)21-12-3-4-20-15-10-7-14-13(23-17(18,19)24-14)6-9(10)5-11(12)15/h6-8,11-12H,3-5H2,1-2H3,(H,21,22). The molecule has 128 valence electrons. The Hall–Kier alpha value is -2.18. The van der Waals surface area contributed by atoms with Crippen LogP contribution >= 0.6 is 0 Å². The Kier molecular flexibility index (Phi) is 3.30. The SMILES string of the molecule is CC(C)C(=O)NC1CCN=C2c3cc4c(cc3CC21)OC(F)(F)O4. The first-order chi connectivity index (χ1) is 11.3. The first kappa shape index (κ1) is 15.4. The van der Waals surface area contributed by atoms with Crippen LogP contribution in [0.2, 0.25) is 0 Å². The quantitative estimate of drug-likeness (QED) is 0.903. The van der Waals surface area contributed by atoms with Crippen molar-refractivity contribution in [2.45, 2.75) is 39.0 Å². The Labute approximate surface area is 138 Å². The number of amides is 1. The largest absolute Gasteiger partial charge is 0.586 e. The zero-order valence-electron chi connectivity index (χ0n) is 13.4. The van der Waals surface area contributed by atoms with Crippen LogP contribution in [0, 0.1) is 11.8 Å². The molecule has 24 heavy (non-hydrogen) atoms. The molecule has 0 saturated carbocycles. The summed E-state index contributed by atoms with van der Waals surface area (Å²) in [6, 6.07) is 3.20. The molecule has 1 aromatic carbocycles. The summed E-state index contributed by atoms with van der Waals surface area (Å²) < 4.78 is 35.5. The lowest BCUT2D eigenvalue weighted by molar-refractivity contribution is -0.286. The normalized spacial score (nSPS) is 26.0. The second-order valence-corrected chi connectivity index (χ2v) is 6.76. The molecule has 1 aliphatic carbocycles. The Balaban J connectivity index is 1.62. The van der Waals surface area contributed by atoms with Crippen LogP contribution in [0.15, 0.2) is 17.1 Å². The second-order valence-electron chi connectivity index (χ2n) is 6.76. The Morgan fingerprint density at radius 3 is 2.75 bits per heavy atom. The van der Waals surface area contributed by atoms with Crippen LogP contribution < -0.4 is 14.8 Å². The summed E-state index contributed by atoms with van der Waals surface area (Å²) in [7, 11) is 0. The smallest absolute Gasteiger partial charge is 0.395 e. The van der Waals surface area contributed by atoms with Crippen molar-refractivity contribution in [1.82, 2.24) is 5.32 Å². The number of rotatable bonds is 2. The summed E-state index contributed by atoms with van der Waals surface area (Å²) in [6.07, 6.45) is -2.18. The van der Waals surface area contributed by atoms with Crippen molar-refractivity contribution >= 4 is 11.6 Å². The van der Waals surface area contributed by atoms with Crippen LogP contribution in [0.4, 0.5) is 8.78 Å². The van der Waals surface area contributed by atoms with E-state index in [0.717, 1.165) is 23.3 Å². The lowest BCUT2D eigenvalue weighted by Crippen LogP contribution is -2.46. The van der Waals surface area contributed by atoms with Gasteiger partial charge in [-0.15, -0.1) is 8.78 Å². The predicted molar refractivity (Wildman–Crippen MR) is 82.6 cm³/mol. The van der Waals surface area contributed by atoms with Gasteiger partial charge in [-0.3, -0.25) is 9.79 Å². The van der Waals surface area contributed by atoms with Crippen LogP contribution in [-0.4, -0.2) is 30.5 Å². The van der Waals surface area contributed by atoms with Gasteiger partial charge >= 0.3 is 6.29 Å². The Bertz CT molecular complexity index is 746. The first-order valence-electron chi connectivity index (χ1n) is 8.12. The molecule has 2 aliphatic heterocycles. The van der Waals surface area contributed by atoms with Crippen LogP contribution in [0.3, 0.4) is 0 Å². The van der Waals surface area contributed by atoms with Crippen molar-refractivity contribution in [3.8, 4) is 11.5 Å². The molecule has 2 heterocycles. The van der Waals surface area contributed by atoms with Crippen LogP contribution in [0.5, 0.6) is 11.5 Å². The average molecular weight is 336 g/mol. The highest BCUT2D eigenvalue weighted by atomic mass is 19.3. The number of nitrogens with one attached hydrogen (secondary N) is 1. The van der Waals surface area contributed by atoms with Crippen LogP contribution in [0.25, 0.3) is 0 Å². The molecule has 2 unspecified atom stereocenters. The zero-order valence-corrected chi connectivity index (χ0v) is 13.4. The van der Waals surface area contributed by atoms with E-state index in [2.05, 4.69) is 19.8 Å². The van der Waals surface area contributed by atoms with Gasteiger partial charge < -0.3 is 14.8 Å². The van der Waals surface area contributed by atoms with Crippen LogP contribution in [-0.2, 0) is 11.2 Å². The predicted octanol–water partition coefficient (Wildman–Crippen LogP) is 2.51. The Morgan fingerprint density at radius 1 is 1.33 bits per heavy atom. The molecule has 0 bridgehead atoms. The minimum Gasteiger partial charge on any atom is -0.395 e. The van der Waals surface area contributed by atoms with Gasteiger partial charge in [-0.05, 0) is 30.5 Å². The number of ether oxygens (including phenoxy) is 2. The van der Waals surface area contributed by atoms with Gasteiger partial charge in [0.05, 0.1) is 0 Å². The topological polar surface area (TPSA) is 59.9 Å². The van der Waals surface area contributed by atoms with Crippen molar-refractivity contribution in [1.29, 1.82) is 0 Å². The van der Waals surface area contributed by atoms with E-state index in [1.807, 2.05) is 13.8 Å². The molecule has 1 aromatic rings. The zero-order chi connectivity index (χ0) is 17.1. The average Bonchev–Trinajstić information content (AvgIpc) is 3.00. The maximum absolute atomic E-state index is 13.2. The van der Waals surface area contributed by atoms with Gasteiger partial charge in [-0.2, -0.15) is 0 Å². The molecular weight excluding hydrogens is 318 g/mol. The van der Waals surface area contributed by atoms with E-state index >= 15 is 0 Å². The molecule has 5 nitrogen and oxygen atoms in total. The minimum atomic E-state index is -3.61. The number of aliphatic imine (C=N–C) groups is 1. The molecule has 1 amide bonds. The number of hydrogen-bond acceptors (Lipinski definition) is 4. The lowest BCUT2D eigenvalue weighted by Gasteiger charge is -2.29. The molecule has 2 atom stereocenters. The number of halogens is 2. The molecule has 4 rings (SSSR count). The number of carbonyl (C=O) groups is 1. The van der Waals surface area contributed by atoms with E-state index in [9.17, 15) is 13.6 Å². The summed E-state index contributed by atoms with van der Waals surface area (Å²) in [5.74, 6) is 0.102. The van der Waals surface area contributed by atoms with Gasteiger partial charge in [0.25, 0.3) is 0 Å². The van der Waals surface area contributed by atoms with Gasteiger partial charge in [0.2, 0.25) is 5.91 Å². The van der Waals surface area contributed by atoms with Gasteiger partial charge in [0.1, 0.15) is 0 Å². The molecule has 0 saturated heterocycles. The second kappa shape index (κ2) is 5.16. The van der Waals surface area contributed by atoms with E-state index < -0.39 is 6.29 Å². The molecule has 0 aromatic heterocycles. The summed E-state index contributed by atoms with van der Waals surface area (Å²) in [6.45, 7) is 4.32. The molecule has 1 N–H and O–H groups in total. The van der Waals surface area contributed by atoms with Crippen molar-refractivity contribution in [2.24, 2.45) is 16.8 Å². The number of hydrogen-bond donors (Lipinski definition) is 1. The van der Waals surface area contributed by atoms with Crippen molar-refractivity contribution < 1.29 is 23.0 Å². The maximum atomic E-state index is 13.2. The minimum absolute atomic E-state index is 0.0120. The molecule has 0 fully saturated rings. The summed E-state index contributed by atoms with van der Waals surface area (Å²) in [5, 5.41) is 3.09. The third kappa shape index (κ3) is 2.42. The molecule has 7 heteroatoms. The maximum Gasteiger partial charge on any atom is 0.586 e. The van der Waals surface area contributed by atoms with Gasteiger partial charge in [-0.25, -0.2) is 0 Å². The van der Waals surface area contributed by atoms with Gasteiger partial charge in [-0.1, -0.05) is 13.8 Å². The monoisotopic (exact) mass is 336 g/mol. The lowest BCUT2D eigenvalue weighted by atomic mass is 9.89. The van der Waals surface area contributed by atoms with Gasteiger partial charge in [0, 0.05) is 35.7 Å².